The first-order valence-electron chi connectivity index (χ1n) is 11.9. The Hall–Kier alpha value is -2.96. The minimum atomic E-state index is -1.15. The maximum atomic E-state index is 13.7. The van der Waals surface area contributed by atoms with Gasteiger partial charge in [0.1, 0.15) is 22.9 Å². The summed E-state index contributed by atoms with van der Waals surface area (Å²) in [6.07, 6.45) is 13.7. The highest BCUT2D eigenvalue weighted by Crippen LogP contribution is 2.23. The van der Waals surface area contributed by atoms with Crippen LogP contribution in [0.1, 0.15) is 81.0 Å². The molecule has 2 N–H and O–H groups in total. The number of halogens is 2. The Morgan fingerprint density at radius 3 is 1.82 bits per heavy atom. The van der Waals surface area contributed by atoms with Gasteiger partial charge >= 0.3 is 6.03 Å². The molecule has 1 aliphatic rings. The van der Waals surface area contributed by atoms with E-state index in [9.17, 15) is 18.4 Å². The van der Waals surface area contributed by atoms with Crippen molar-refractivity contribution in [3.8, 4) is 5.75 Å². The number of hydrogen-bond donors (Lipinski definition) is 2. The number of benzene rings is 2. The van der Waals surface area contributed by atoms with Crippen LogP contribution in [0.4, 0.5) is 19.3 Å². The molecule has 0 radical (unpaired) electrons. The quantitative estimate of drug-likeness (QED) is 0.519. The predicted molar refractivity (Wildman–Crippen MR) is 124 cm³/mol. The van der Waals surface area contributed by atoms with Crippen LogP contribution >= 0.6 is 0 Å². The molecular formula is C26H32F2N2O3. The highest BCUT2D eigenvalue weighted by Gasteiger charge is 2.19. The van der Waals surface area contributed by atoms with Crippen LogP contribution in [-0.4, -0.2) is 18.0 Å². The summed E-state index contributed by atoms with van der Waals surface area (Å²) < 4.78 is 33.6. The van der Waals surface area contributed by atoms with E-state index in [0.29, 0.717) is 5.69 Å². The van der Waals surface area contributed by atoms with Crippen molar-refractivity contribution in [1.82, 2.24) is 5.32 Å². The Kier molecular flexibility index (Phi) is 9.66. The Morgan fingerprint density at radius 2 is 1.27 bits per heavy atom. The highest BCUT2D eigenvalue weighted by atomic mass is 19.1. The number of carbonyl (C=O) groups excluding carboxylic acids is 2. The maximum absolute atomic E-state index is 13.7. The van der Waals surface area contributed by atoms with Crippen molar-refractivity contribution in [2.45, 2.75) is 76.7 Å². The van der Waals surface area contributed by atoms with Gasteiger partial charge in [0.05, 0.1) is 6.10 Å². The standard InChI is InChI=1S/C26H32F2N2O3/c27-22-13-10-14-23(28)24(22)25(31)30-26(32)29-19-15-17-21(18-16-19)33-20-11-8-6-4-2-1-3-5-7-9-12-20/h10,13-18,20H,1-9,11-12H2,(H2,29,30,31,32). The third-order valence-electron chi connectivity index (χ3n) is 5.88. The van der Waals surface area contributed by atoms with Crippen molar-refractivity contribution in [3.05, 3.63) is 59.7 Å². The van der Waals surface area contributed by atoms with Crippen molar-refractivity contribution in [2.75, 3.05) is 5.32 Å². The number of anilines is 1. The highest BCUT2D eigenvalue weighted by molar-refractivity contribution is 6.08. The van der Waals surface area contributed by atoms with Crippen LogP contribution in [0.15, 0.2) is 42.5 Å². The summed E-state index contributed by atoms with van der Waals surface area (Å²) in [5.74, 6) is -2.49. The molecule has 1 fully saturated rings. The van der Waals surface area contributed by atoms with Crippen LogP contribution in [0.3, 0.4) is 0 Å². The number of urea groups is 1. The monoisotopic (exact) mass is 458 g/mol. The van der Waals surface area contributed by atoms with Crippen LogP contribution in [0.5, 0.6) is 5.75 Å². The Labute approximate surface area is 193 Å². The zero-order chi connectivity index (χ0) is 23.5. The number of rotatable bonds is 4. The van der Waals surface area contributed by atoms with E-state index < -0.39 is 29.1 Å². The third kappa shape index (κ3) is 8.15. The number of amides is 3. The second kappa shape index (κ2) is 12.9. The summed E-state index contributed by atoms with van der Waals surface area (Å²) in [6, 6.07) is 9.04. The van der Waals surface area contributed by atoms with Crippen molar-refractivity contribution in [1.29, 1.82) is 0 Å². The van der Waals surface area contributed by atoms with Gasteiger partial charge in [0.2, 0.25) is 0 Å². The third-order valence-corrected chi connectivity index (χ3v) is 5.88. The molecule has 0 spiro atoms. The second-order valence-corrected chi connectivity index (χ2v) is 8.53. The normalized spacial score (nSPS) is 16.2. The van der Waals surface area contributed by atoms with Gasteiger partial charge in [-0.05, 0) is 62.1 Å². The molecule has 0 atom stereocenters. The lowest BCUT2D eigenvalue weighted by Gasteiger charge is -2.20. The molecule has 1 aliphatic carbocycles. The van der Waals surface area contributed by atoms with Crippen LogP contribution < -0.4 is 15.4 Å². The number of carbonyl (C=O) groups is 2. The van der Waals surface area contributed by atoms with Gasteiger partial charge in [-0.15, -0.1) is 0 Å². The van der Waals surface area contributed by atoms with E-state index in [4.69, 9.17) is 4.74 Å². The van der Waals surface area contributed by atoms with Gasteiger partial charge in [-0.3, -0.25) is 10.1 Å². The molecule has 33 heavy (non-hydrogen) atoms. The smallest absolute Gasteiger partial charge is 0.326 e. The van der Waals surface area contributed by atoms with Gasteiger partial charge in [0.15, 0.2) is 0 Å². The van der Waals surface area contributed by atoms with Crippen LogP contribution in [0, 0.1) is 11.6 Å². The molecule has 0 saturated heterocycles. The zero-order valence-electron chi connectivity index (χ0n) is 18.9. The summed E-state index contributed by atoms with van der Waals surface area (Å²) >= 11 is 0. The molecule has 5 nitrogen and oxygen atoms in total. The molecule has 0 aliphatic heterocycles. The van der Waals surface area contributed by atoms with Crippen LogP contribution in [0.25, 0.3) is 0 Å². The van der Waals surface area contributed by atoms with Crippen molar-refractivity contribution >= 4 is 17.6 Å². The fourth-order valence-corrected chi connectivity index (χ4v) is 4.10. The largest absolute Gasteiger partial charge is 0.490 e. The molecular weight excluding hydrogens is 426 g/mol. The van der Waals surface area contributed by atoms with Crippen molar-refractivity contribution < 1.29 is 23.1 Å². The first-order valence-corrected chi connectivity index (χ1v) is 11.9. The molecule has 0 unspecified atom stereocenters. The lowest BCUT2D eigenvalue weighted by molar-refractivity contribution is 0.0959. The van der Waals surface area contributed by atoms with Gasteiger partial charge in [-0.2, -0.15) is 0 Å². The van der Waals surface area contributed by atoms with E-state index in [1.165, 1.54) is 57.8 Å². The molecule has 3 rings (SSSR count). The van der Waals surface area contributed by atoms with E-state index in [1.807, 2.05) is 5.32 Å². The average molecular weight is 459 g/mol. The van der Waals surface area contributed by atoms with E-state index in [-0.39, 0.29) is 6.10 Å². The first-order chi connectivity index (χ1) is 16.0. The topological polar surface area (TPSA) is 67.4 Å². The van der Waals surface area contributed by atoms with Gasteiger partial charge in [-0.1, -0.05) is 51.0 Å². The first kappa shape index (κ1) is 24.7. The summed E-state index contributed by atoms with van der Waals surface area (Å²) in [7, 11) is 0. The summed E-state index contributed by atoms with van der Waals surface area (Å²) in [5.41, 5.74) is -0.367. The SMILES string of the molecule is O=C(NC(=O)c1c(F)cccc1F)Nc1ccc(OC2CCCCCCCCCCC2)cc1. The Morgan fingerprint density at radius 1 is 0.758 bits per heavy atom. The van der Waals surface area contributed by atoms with E-state index in [1.54, 1.807) is 24.3 Å². The van der Waals surface area contributed by atoms with Crippen molar-refractivity contribution in [2.24, 2.45) is 0 Å². The van der Waals surface area contributed by atoms with E-state index >= 15 is 0 Å². The summed E-state index contributed by atoms with van der Waals surface area (Å²) in [4.78, 5) is 24.1. The van der Waals surface area contributed by atoms with Crippen LogP contribution in [-0.2, 0) is 0 Å². The average Bonchev–Trinajstić information content (AvgIpc) is 2.76. The Balaban J connectivity index is 1.51. The van der Waals surface area contributed by atoms with Crippen molar-refractivity contribution in [3.63, 3.8) is 0 Å². The molecule has 0 heterocycles. The Bertz CT molecular complexity index is 886. The van der Waals surface area contributed by atoms with Gasteiger partial charge in [0.25, 0.3) is 5.91 Å². The summed E-state index contributed by atoms with van der Waals surface area (Å²) in [6.45, 7) is 0. The fourth-order valence-electron chi connectivity index (χ4n) is 4.10. The summed E-state index contributed by atoms with van der Waals surface area (Å²) in [5, 5.41) is 4.43. The molecule has 3 amide bonds. The van der Waals surface area contributed by atoms with Crippen LogP contribution in [0.2, 0.25) is 0 Å². The molecule has 2 aromatic rings. The van der Waals surface area contributed by atoms with Gasteiger partial charge in [-0.25, -0.2) is 13.6 Å². The predicted octanol–water partition coefficient (Wildman–Crippen LogP) is 6.98. The van der Waals surface area contributed by atoms with Gasteiger partial charge < -0.3 is 10.1 Å². The minimum Gasteiger partial charge on any atom is -0.490 e. The molecule has 2 aromatic carbocycles. The number of nitrogens with one attached hydrogen (secondary N) is 2. The lowest BCUT2D eigenvalue weighted by Crippen LogP contribution is -2.35. The van der Waals surface area contributed by atoms with Gasteiger partial charge in [0, 0.05) is 5.69 Å². The number of imide groups is 1. The molecule has 7 heteroatoms. The number of hydrogen-bond acceptors (Lipinski definition) is 3. The van der Waals surface area contributed by atoms with E-state index in [2.05, 4.69) is 5.32 Å². The lowest BCUT2D eigenvalue weighted by atomic mass is 9.99. The second-order valence-electron chi connectivity index (χ2n) is 8.53. The number of ether oxygens (including phenoxy) is 1. The minimum absolute atomic E-state index is 0.180. The molecule has 0 bridgehead atoms. The maximum Gasteiger partial charge on any atom is 0.326 e. The van der Waals surface area contributed by atoms with E-state index in [0.717, 1.165) is 36.8 Å². The molecule has 1 saturated carbocycles. The zero-order valence-corrected chi connectivity index (χ0v) is 18.9. The molecule has 0 aromatic heterocycles. The molecule has 178 valence electrons. The fraction of sp³-hybridized carbons (Fsp3) is 0.462.